The first kappa shape index (κ1) is 16.8. The highest BCUT2D eigenvalue weighted by atomic mass is 16.2. The number of piperazine rings is 1. The van der Waals surface area contributed by atoms with Crippen LogP contribution in [0.5, 0.6) is 0 Å². The molecule has 2 aromatic rings. The Kier molecular flexibility index (Phi) is 4.23. The van der Waals surface area contributed by atoms with Crippen molar-refractivity contribution in [3.05, 3.63) is 33.9 Å². The third-order valence-corrected chi connectivity index (χ3v) is 5.06. The van der Waals surface area contributed by atoms with Gasteiger partial charge in [0.1, 0.15) is 11.6 Å². The summed E-state index contributed by atoms with van der Waals surface area (Å²) in [6, 6.07) is 1.15. The van der Waals surface area contributed by atoms with Gasteiger partial charge in [-0.2, -0.15) is 0 Å². The molecule has 2 amide bonds. The van der Waals surface area contributed by atoms with Crippen molar-refractivity contribution in [2.24, 2.45) is 0 Å². The molecular formula is C17H22N6O3. The predicted octanol–water partition coefficient (Wildman–Crippen LogP) is -0.633. The summed E-state index contributed by atoms with van der Waals surface area (Å²) < 4.78 is 1.27. The van der Waals surface area contributed by atoms with Crippen LogP contribution in [-0.2, 0) is 4.79 Å². The third kappa shape index (κ3) is 2.78. The monoisotopic (exact) mass is 358 g/mol. The zero-order chi connectivity index (χ0) is 18.3. The molecule has 1 unspecified atom stereocenters. The van der Waals surface area contributed by atoms with Gasteiger partial charge in [-0.25, -0.2) is 9.50 Å². The van der Waals surface area contributed by atoms with Gasteiger partial charge in [-0.15, -0.1) is 0 Å². The van der Waals surface area contributed by atoms with Crippen molar-refractivity contribution in [2.45, 2.75) is 25.8 Å². The Morgan fingerprint density at radius 1 is 1.23 bits per heavy atom. The maximum absolute atomic E-state index is 13.1. The molecule has 0 bridgehead atoms. The van der Waals surface area contributed by atoms with Crippen LogP contribution in [0.3, 0.4) is 0 Å². The Balaban J connectivity index is 1.66. The van der Waals surface area contributed by atoms with Crippen molar-refractivity contribution in [2.75, 3.05) is 32.7 Å². The second-order valence-electron chi connectivity index (χ2n) is 6.86. The van der Waals surface area contributed by atoms with Gasteiger partial charge < -0.3 is 15.1 Å². The number of hydrogen-bond donors (Lipinski definition) is 2. The number of nitrogens with zero attached hydrogens (tertiary/aromatic N) is 4. The summed E-state index contributed by atoms with van der Waals surface area (Å²) in [5.74, 6) is -0.490. The largest absolute Gasteiger partial charge is 0.341 e. The standard InChI is InChI=1S/C17H22N6O3/c1-11-8-14-19-9-12(16(25)23(14)20-11)15(24)22-7-4-18-10-13(22)17(26)21-5-2-3-6-21/h8-9,13,18,20H,2-7,10H2,1H3. The van der Waals surface area contributed by atoms with Crippen LogP contribution in [-0.4, -0.2) is 75.0 Å². The van der Waals surface area contributed by atoms with Gasteiger partial charge in [0.15, 0.2) is 5.65 Å². The molecule has 4 heterocycles. The third-order valence-electron chi connectivity index (χ3n) is 5.06. The van der Waals surface area contributed by atoms with Gasteiger partial charge in [-0.05, 0) is 19.8 Å². The number of amides is 2. The lowest BCUT2D eigenvalue weighted by molar-refractivity contribution is -0.135. The molecule has 2 aromatic heterocycles. The van der Waals surface area contributed by atoms with Crippen LogP contribution in [0.2, 0.25) is 0 Å². The number of nitrogens with one attached hydrogen (secondary N) is 2. The zero-order valence-corrected chi connectivity index (χ0v) is 14.7. The number of carbonyl (C=O) groups excluding carboxylic acids is 2. The first-order valence-electron chi connectivity index (χ1n) is 8.94. The molecule has 2 N–H and O–H groups in total. The van der Waals surface area contributed by atoms with Crippen molar-refractivity contribution in [1.29, 1.82) is 0 Å². The highest BCUT2D eigenvalue weighted by Crippen LogP contribution is 2.15. The molecule has 2 aliphatic rings. The van der Waals surface area contributed by atoms with Gasteiger partial charge >= 0.3 is 0 Å². The van der Waals surface area contributed by atoms with E-state index in [1.54, 1.807) is 11.0 Å². The highest BCUT2D eigenvalue weighted by Gasteiger charge is 2.36. The van der Waals surface area contributed by atoms with Gasteiger partial charge in [-0.1, -0.05) is 0 Å². The Morgan fingerprint density at radius 3 is 2.77 bits per heavy atom. The number of rotatable bonds is 2. The van der Waals surface area contributed by atoms with Gasteiger partial charge in [0.05, 0.1) is 0 Å². The Bertz CT molecular complexity index is 911. The molecule has 2 fully saturated rings. The van der Waals surface area contributed by atoms with Crippen LogP contribution in [0.25, 0.3) is 5.65 Å². The molecular weight excluding hydrogens is 336 g/mol. The first-order valence-corrected chi connectivity index (χ1v) is 8.94. The van der Waals surface area contributed by atoms with Gasteiger partial charge in [0.2, 0.25) is 5.91 Å². The summed E-state index contributed by atoms with van der Waals surface area (Å²) in [4.78, 5) is 46.1. The molecule has 138 valence electrons. The molecule has 4 rings (SSSR count). The molecule has 0 spiro atoms. The minimum Gasteiger partial charge on any atom is -0.341 e. The highest BCUT2D eigenvalue weighted by molar-refractivity contribution is 5.97. The molecule has 0 saturated carbocycles. The number of aromatic nitrogens is 3. The molecule has 0 aromatic carbocycles. The number of aromatic amines is 1. The van der Waals surface area contributed by atoms with Crippen LogP contribution in [0.15, 0.2) is 17.1 Å². The molecule has 0 aliphatic carbocycles. The summed E-state index contributed by atoms with van der Waals surface area (Å²) in [6.07, 6.45) is 3.30. The molecule has 0 radical (unpaired) electrons. The number of likely N-dealkylation sites (tertiary alicyclic amines) is 1. The van der Waals surface area contributed by atoms with Gasteiger partial charge in [0.25, 0.3) is 11.5 Å². The lowest BCUT2D eigenvalue weighted by atomic mass is 10.1. The quantitative estimate of drug-likeness (QED) is 0.744. The second-order valence-corrected chi connectivity index (χ2v) is 6.86. The van der Waals surface area contributed by atoms with E-state index in [9.17, 15) is 14.4 Å². The van der Waals surface area contributed by atoms with Crippen molar-refractivity contribution in [1.82, 2.24) is 29.7 Å². The van der Waals surface area contributed by atoms with E-state index in [0.29, 0.717) is 25.3 Å². The fourth-order valence-electron chi connectivity index (χ4n) is 3.70. The van der Waals surface area contributed by atoms with Crippen molar-refractivity contribution in [3.63, 3.8) is 0 Å². The number of H-pyrrole nitrogens is 1. The number of aryl methyl sites for hydroxylation is 1. The fourth-order valence-corrected chi connectivity index (χ4v) is 3.70. The normalized spacial score (nSPS) is 20.7. The van der Waals surface area contributed by atoms with Crippen LogP contribution in [0, 0.1) is 6.92 Å². The predicted molar refractivity (Wildman–Crippen MR) is 94.1 cm³/mol. The minimum atomic E-state index is -0.583. The summed E-state index contributed by atoms with van der Waals surface area (Å²) in [6.45, 7) is 4.66. The lowest BCUT2D eigenvalue weighted by Gasteiger charge is -2.37. The smallest absolute Gasteiger partial charge is 0.285 e. The number of hydrogen-bond acceptors (Lipinski definition) is 5. The lowest BCUT2D eigenvalue weighted by Crippen LogP contribution is -2.60. The van der Waals surface area contributed by atoms with Gasteiger partial charge in [-0.3, -0.25) is 19.5 Å². The van der Waals surface area contributed by atoms with Crippen LogP contribution in [0.4, 0.5) is 0 Å². The molecule has 26 heavy (non-hydrogen) atoms. The molecule has 2 aliphatic heterocycles. The summed E-state index contributed by atoms with van der Waals surface area (Å²) >= 11 is 0. The number of fused-ring (bicyclic) bond motifs is 1. The fraction of sp³-hybridized carbons (Fsp3) is 0.529. The van der Waals surface area contributed by atoms with Crippen LogP contribution >= 0.6 is 0 Å². The van der Waals surface area contributed by atoms with Crippen molar-refractivity contribution < 1.29 is 9.59 Å². The average molecular weight is 358 g/mol. The van der Waals surface area contributed by atoms with Gasteiger partial charge in [0, 0.05) is 50.7 Å². The van der Waals surface area contributed by atoms with E-state index in [1.165, 1.54) is 15.6 Å². The average Bonchev–Trinajstić information content (AvgIpc) is 3.30. The molecule has 9 heteroatoms. The van der Waals surface area contributed by atoms with E-state index in [1.807, 2.05) is 6.92 Å². The van der Waals surface area contributed by atoms with E-state index in [-0.39, 0.29) is 11.5 Å². The van der Waals surface area contributed by atoms with E-state index >= 15 is 0 Å². The topological polar surface area (TPSA) is 103 Å². The van der Waals surface area contributed by atoms with E-state index in [0.717, 1.165) is 31.6 Å². The maximum Gasteiger partial charge on any atom is 0.285 e. The van der Waals surface area contributed by atoms with E-state index in [2.05, 4.69) is 15.4 Å². The Morgan fingerprint density at radius 2 is 2.00 bits per heavy atom. The minimum absolute atomic E-state index is 0.0227. The van der Waals surface area contributed by atoms with E-state index in [4.69, 9.17) is 0 Å². The Labute approximate surface area is 150 Å². The number of carbonyl (C=O) groups is 2. The van der Waals surface area contributed by atoms with Crippen molar-refractivity contribution >= 4 is 17.5 Å². The summed E-state index contributed by atoms with van der Waals surface area (Å²) in [7, 11) is 0. The molecule has 2 saturated heterocycles. The molecule has 1 atom stereocenters. The SMILES string of the molecule is Cc1cc2ncc(C(=O)N3CCNCC3C(=O)N3CCCC3)c(=O)n2[nH]1. The first-order chi connectivity index (χ1) is 12.6. The second kappa shape index (κ2) is 6.56. The maximum atomic E-state index is 13.1. The molecule has 9 nitrogen and oxygen atoms in total. The van der Waals surface area contributed by atoms with Crippen molar-refractivity contribution in [3.8, 4) is 0 Å². The van der Waals surface area contributed by atoms with Crippen LogP contribution in [0.1, 0.15) is 28.9 Å². The Hall–Kier alpha value is -2.68. The van der Waals surface area contributed by atoms with E-state index < -0.39 is 17.5 Å². The zero-order valence-electron chi connectivity index (χ0n) is 14.7. The summed E-state index contributed by atoms with van der Waals surface area (Å²) in [5.41, 5.74) is 0.780. The summed E-state index contributed by atoms with van der Waals surface area (Å²) in [5, 5.41) is 6.06. The van der Waals surface area contributed by atoms with Crippen LogP contribution < -0.4 is 10.9 Å².